The van der Waals surface area contributed by atoms with E-state index in [1.54, 1.807) is 4.68 Å². The van der Waals surface area contributed by atoms with Gasteiger partial charge in [0.1, 0.15) is 0 Å². The Balaban J connectivity index is 1.91. The third-order valence-electron chi connectivity index (χ3n) is 3.31. The van der Waals surface area contributed by atoms with Gasteiger partial charge in [0, 0.05) is 37.6 Å². The number of nitrogens with one attached hydrogen (secondary N) is 2. The number of amides is 1. The molecule has 0 spiro atoms. The van der Waals surface area contributed by atoms with Crippen LogP contribution in [0.5, 0.6) is 0 Å². The van der Waals surface area contributed by atoms with Crippen molar-refractivity contribution < 1.29 is 4.79 Å². The van der Waals surface area contributed by atoms with Crippen molar-refractivity contribution in [3.8, 4) is 0 Å². The SMILES string of the molecule is CCNc1ccc(C(=O)NCCc2cnn(C)c2)c(C)c1. The van der Waals surface area contributed by atoms with E-state index in [1.807, 2.05) is 51.5 Å². The summed E-state index contributed by atoms with van der Waals surface area (Å²) in [6.45, 7) is 5.49. The van der Waals surface area contributed by atoms with Crippen LogP contribution >= 0.6 is 0 Å². The van der Waals surface area contributed by atoms with Crippen molar-refractivity contribution in [2.24, 2.45) is 7.05 Å². The molecule has 5 heteroatoms. The van der Waals surface area contributed by atoms with Gasteiger partial charge in [0.15, 0.2) is 0 Å². The summed E-state index contributed by atoms with van der Waals surface area (Å²) in [6.07, 6.45) is 4.57. The Morgan fingerprint density at radius 3 is 2.81 bits per heavy atom. The Kier molecular flexibility index (Phi) is 4.98. The maximum atomic E-state index is 12.2. The Morgan fingerprint density at radius 1 is 1.38 bits per heavy atom. The van der Waals surface area contributed by atoms with E-state index >= 15 is 0 Å². The molecule has 2 aromatic rings. The van der Waals surface area contributed by atoms with Gasteiger partial charge in [0.2, 0.25) is 0 Å². The molecule has 0 aliphatic heterocycles. The Morgan fingerprint density at radius 2 is 2.19 bits per heavy atom. The maximum absolute atomic E-state index is 12.2. The number of carbonyl (C=O) groups excluding carboxylic acids is 1. The van der Waals surface area contributed by atoms with Crippen LogP contribution in [0.3, 0.4) is 0 Å². The second-order valence-corrected chi connectivity index (χ2v) is 5.09. The molecule has 0 aliphatic rings. The summed E-state index contributed by atoms with van der Waals surface area (Å²) >= 11 is 0. The van der Waals surface area contributed by atoms with Gasteiger partial charge in [-0.1, -0.05) is 0 Å². The molecule has 2 N–H and O–H groups in total. The van der Waals surface area contributed by atoms with E-state index in [0.29, 0.717) is 6.54 Å². The molecule has 1 aromatic heterocycles. The molecule has 0 fully saturated rings. The van der Waals surface area contributed by atoms with Gasteiger partial charge in [-0.15, -0.1) is 0 Å². The van der Waals surface area contributed by atoms with Crippen LogP contribution < -0.4 is 10.6 Å². The zero-order valence-corrected chi connectivity index (χ0v) is 12.8. The molecule has 0 unspecified atom stereocenters. The van der Waals surface area contributed by atoms with Gasteiger partial charge in [-0.3, -0.25) is 9.48 Å². The minimum absolute atomic E-state index is 0.0283. The highest BCUT2D eigenvalue weighted by atomic mass is 16.1. The molecule has 21 heavy (non-hydrogen) atoms. The van der Waals surface area contributed by atoms with Gasteiger partial charge in [-0.2, -0.15) is 5.10 Å². The number of hydrogen-bond acceptors (Lipinski definition) is 3. The first-order chi connectivity index (χ1) is 10.1. The van der Waals surface area contributed by atoms with E-state index in [9.17, 15) is 4.79 Å². The van der Waals surface area contributed by atoms with Crippen LogP contribution in [0.2, 0.25) is 0 Å². The molecule has 0 atom stereocenters. The van der Waals surface area contributed by atoms with Crippen LogP contribution in [0.1, 0.15) is 28.4 Å². The summed E-state index contributed by atoms with van der Waals surface area (Å²) in [6, 6.07) is 5.80. The normalized spacial score (nSPS) is 10.4. The molecule has 0 bridgehead atoms. The van der Waals surface area contributed by atoms with E-state index < -0.39 is 0 Å². The molecule has 0 aliphatic carbocycles. The van der Waals surface area contributed by atoms with Gasteiger partial charge < -0.3 is 10.6 Å². The van der Waals surface area contributed by atoms with Gasteiger partial charge in [0.25, 0.3) is 5.91 Å². The molecule has 1 aromatic carbocycles. The molecule has 5 nitrogen and oxygen atoms in total. The zero-order chi connectivity index (χ0) is 15.2. The Labute approximate surface area is 125 Å². The number of aryl methyl sites for hydroxylation is 2. The van der Waals surface area contributed by atoms with Crippen LogP contribution in [-0.4, -0.2) is 28.8 Å². The first-order valence-electron chi connectivity index (χ1n) is 7.20. The van der Waals surface area contributed by atoms with Gasteiger partial charge >= 0.3 is 0 Å². The van der Waals surface area contributed by atoms with Gasteiger partial charge in [-0.25, -0.2) is 0 Å². The summed E-state index contributed by atoms with van der Waals surface area (Å²) in [7, 11) is 1.89. The zero-order valence-electron chi connectivity index (χ0n) is 12.8. The highest BCUT2D eigenvalue weighted by molar-refractivity contribution is 5.96. The Hall–Kier alpha value is -2.30. The number of aromatic nitrogens is 2. The average Bonchev–Trinajstić information content (AvgIpc) is 2.85. The van der Waals surface area contributed by atoms with Crippen LogP contribution in [0, 0.1) is 6.92 Å². The van der Waals surface area contributed by atoms with Gasteiger partial charge in [-0.05, 0) is 49.6 Å². The van der Waals surface area contributed by atoms with Gasteiger partial charge in [0.05, 0.1) is 6.20 Å². The van der Waals surface area contributed by atoms with E-state index in [-0.39, 0.29) is 5.91 Å². The fourth-order valence-corrected chi connectivity index (χ4v) is 2.25. The third-order valence-corrected chi connectivity index (χ3v) is 3.31. The maximum Gasteiger partial charge on any atom is 0.251 e. The van der Waals surface area contributed by atoms with Crippen LogP contribution in [0.15, 0.2) is 30.6 Å². The molecular formula is C16H22N4O. The fraction of sp³-hybridized carbons (Fsp3) is 0.375. The van der Waals surface area contributed by atoms with Crippen molar-refractivity contribution in [2.75, 3.05) is 18.4 Å². The van der Waals surface area contributed by atoms with Crippen molar-refractivity contribution in [3.05, 3.63) is 47.3 Å². The highest BCUT2D eigenvalue weighted by Crippen LogP contribution is 2.15. The molecule has 112 valence electrons. The monoisotopic (exact) mass is 286 g/mol. The summed E-state index contributed by atoms with van der Waals surface area (Å²) in [5.74, 6) is -0.0283. The number of hydrogen-bond donors (Lipinski definition) is 2. The van der Waals surface area contributed by atoms with Crippen molar-refractivity contribution >= 4 is 11.6 Å². The van der Waals surface area contributed by atoms with Crippen LogP contribution in [-0.2, 0) is 13.5 Å². The van der Waals surface area contributed by atoms with Crippen molar-refractivity contribution in [3.63, 3.8) is 0 Å². The predicted molar refractivity (Wildman–Crippen MR) is 84.6 cm³/mol. The Bertz CT molecular complexity index is 618. The summed E-state index contributed by atoms with van der Waals surface area (Å²) in [5.41, 5.74) is 3.87. The minimum atomic E-state index is -0.0283. The molecular weight excluding hydrogens is 264 g/mol. The second kappa shape index (κ2) is 6.92. The second-order valence-electron chi connectivity index (χ2n) is 5.09. The third kappa shape index (κ3) is 4.08. The quantitative estimate of drug-likeness (QED) is 0.855. The molecule has 0 saturated carbocycles. The minimum Gasteiger partial charge on any atom is -0.385 e. The van der Waals surface area contributed by atoms with Crippen molar-refractivity contribution in [2.45, 2.75) is 20.3 Å². The molecule has 0 saturated heterocycles. The molecule has 2 rings (SSSR count). The predicted octanol–water partition coefficient (Wildman–Crippen LogP) is 2.13. The fourth-order valence-electron chi connectivity index (χ4n) is 2.25. The summed E-state index contributed by atoms with van der Waals surface area (Å²) in [5, 5.41) is 10.3. The number of carbonyl (C=O) groups is 1. The van der Waals surface area contributed by atoms with Crippen molar-refractivity contribution in [1.29, 1.82) is 0 Å². The number of benzene rings is 1. The van der Waals surface area contributed by atoms with E-state index in [2.05, 4.69) is 15.7 Å². The topological polar surface area (TPSA) is 59.0 Å². The van der Waals surface area contributed by atoms with E-state index in [0.717, 1.165) is 35.3 Å². The number of rotatable bonds is 6. The van der Waals surface area contributed by atoms with Crippen LogP contribution in [0.4, 0.5) is 5.69 Å². The van der Waals surface area contributed by atoms with Crippen LogP contribution in [0.25, 0.3) is 0 Å². The highest BCUT2D eigenvalue weighted by Gasteiger charge is 2.09. The number of nitrogens with zero attached hydrogens (tertiary/aromatic N) is 2. The lowest BCUT2D eigenvalue weighted by atomic mass is 10.1. The van der Waals surface area contributed by atoms with E-state index in [4.69, 9.17) is 0 Å². The lowest BCUT2D eigenvalue weighted by Gasteiger charge is -2.10. The summed E-state index contributed by atoms with van der Waals surface area (Å²) < 4.78 is 1.76. The molecule has 1 heterocycles. The lowest BCUT2D eigenvalue weighted by molar-refractivity contribution is 0.0953. The molecule has 0 radical (unpaired) electrons. The van der Waals surface area contributed by atoms with Crippen molar-refractivity contribution in [1.82, 2.24) is 15.1 Å². The lowest BCUT2D eigenvalue weighted by Crippen LogP contribution is -2.26. The molecule has 1 amide bonds. The standard InChI is InChI=1S/C16H22N4O/c1-4-17-14-5-6-15(12(2)9-14)16(21)18-8-7-13-10-19-20(3)11-13/h5-6,9-11,17H,4,7-8H2,1-3H3,(H,18,21). The number of anilines is 1. The first-order valence-corrected chi connectivity index (χ1v) is 7.20. The first kappa shape index (κ1) is 15.1. The summed E-state index contributed by atoms with van der Waals surface area (Å²) in [4.78, 5) is 12.2. The van der Waals surface area contributed by atoms with E-state index in [1.165, 1.54) is 0 Å². The average molecular weight is 286 g/mol. The largest absolute Gasteiger partial charge is 0.385 e. The smallest absolute Gasteiger partial charge is 0.251 e.